The van der Waals surface area contributed by atoms with Gasteiger partial charge in [-0.05, 0) is 43.0 Å². The Bertz CT molecular complexity index is 963. The summed E-state index contributed by atoms with van der Waals surface area (Å²) in [6.07, 6.45) is 3.19. The molecule has 0 aliphatic heterocycles. The van der Waals surface area contributed by atoms with E-state index in [4.69, 9.17) is 0 Å². The minimum Gasteiger partial charge on any atom is -0.325 e. The van der Waals surface area contributed by atoms with Crippen molar-refractivity contribution < 1.29 is 9.59 Å². The summed E-state index contributed by atoms with van der Waals surface area (Å²) in [6, 6.07) is 28.4. The zero-order valence-electron chi connectivity index (χ0n) is 16.5. The summed E-state index contributed by atoms with van der Waals surface area (Å²) in [7, 11) is 0. The summed E-state index contributed by atoms with van der Waals surface area (Å²) in [4.78, 5) is 26.0. The minimum atomic E-state index is -0.738. The van der Waals surface area contributed by atoms with Gasteiger partial charge in [-0.15, -0.1) is 0 Å². The topological polar surface area (TPSA) is 46.2 Å². The monoisotopic (exact) mass is 383 g/mol. The lowest BCUT2D eigenvalue weighted by Gasteiger charge is -2.16. The van der Waals surface area contributed by atoms with Crippen molar-refractivity contribution in [3.8, 4) is 0 Å². The van der Waals surface area contributed by atoms with Crippen molar-refractivity contribution in [1.82, 2.24) is 0 Å². The van der Waals surface area contributed by atoms with Gasteiger partial charge in [0.1, 0.15) is 5.92 Å². The van der Waals surface area contributed by atoms with Crippen LogP contribution in [0.15, 0.2) is 97.1 Å². The number of allylic oxidation sites excluding steroid dienone is 2. The molecule has 1 N–H and O–H groups in total. The SMILES string of the molecule is C/C(=C\CCC(C(=O)Nc1ccccc1)C(=O)c1ccccc1)c1ccccc1. The van der Waals surface area contributed by atoms with Gasteiger partial charge < -0.3 is 5.32 Å². The normalized spacial score (nSPS) is 12.2. The lowest BCUT2D eigenvalue weighted by molar-refractivity contribution is -0.118. The molecule has 3 aromatic rings. The number of anilines is 1. The van der Waals surface area contributed by atoms with Crippen LogP contribution in [0.25, 0.3) is 5.57 Å². The Hall–Kier alpha value is -3.46. The second-order valence-corrected chi connectivity index (χ2v) is 6.97. The Balaban J connectivity index is 1.75. The van der Waals surface area contributed by atoms with Gasteiger partial charge in [-0.2, -0.15) is 0 Å². The maximum absolute atomic E-state index is 13.0. The number of hydrogen-bond acceptors (Lipinski definition) is 2. The fourth-order valence-electron chi connectivity index (χ4n) is 3.22. The summed E-state index contributed by atoms with van der Waals surface area (Å²) in [6.45, 7) is 2.05. The van der Waals surface area contributed by atoms with E-state index in [1.165, 1.54) is 0 Å². The second-order valence-electron chi connectivity index (χ2n) is 6.97. The molecule has 3 nitrogen and oxygen atoms in total. The van der Waals surface area contributed by atoms with Crippen molar-refractivity contribution in [3.05, 3.63) is 108 Å². The summed E-state index contributed by atoms with van der Waals surface area (Å²) in [5.41, 5.74) is 3.54. The molecule has 0 aliphatic carbocycles. The lowest BCUT2D eigenvalue weighted by atomic mass is 9.91. The number of Topliss-reactive ketones (excluding diaryl/α,β-unsaturated/α-hetero) is 1. The summed E-state index contributed by atoms with van der Waals surface area (Å²) in [5, 5.41) is 2.88. The number of benzene rings is 3. The van der Waals surface area contributed by atoms with E-state index >= 15 is 0 Å². The maximum Gasteiger partial charge on any atom is 0.235 e. The molecule has 3 rings (SSSR count). The van der Waals surface area contributed by atoms with E-state index in [0.717, 1.165) is 11.1 Å². The summed E-state index contributed by atoms with van der Waals surface area (Å²) >= 11 is 0. The summed E-state index contributed by atoms with van der Waals surface area (Å²) < 4.78 is 0. The first-order chi connectivity index (χ1) is 14.1. The maximum atomic E-state index is 13.0. The molecular formula is C26H25NO2. The largest absolute Gasteiger partial charge is 0.325 e. The molecule has 0 saturated heterocycles. The fraction of sp³-hybridized carbons (Fsp3) is 0.154. The first-order valence-electron chi connectivity index (χ1n) is 9.82. The number of hydrogen-bond donors (Lipinski definition) is 1. The molecule has 0 aliphatic rings. The highest BCUT2D eigenvalue weighted by molar-refractivity contribution is 6.13. The molecule has 0 bridgehead atoms. The third-order valence-electron chi connectivity index (χ3n) is 4.87. The van der Waals surface area contributed by atoms with E-state index in [0.29, 0.717) is 24.1 Å². The zero-order chi connectivity index (χ0) is 20.5. The van der Waals surface area contributed by atoms with Gasteiger partial charge in [0, 0.05) is 11.3 Å². The molecule has 0 heterocycles. The number of carbonyl (C=O) groups excluding carboxylic acids is 2. The van der Waals surface area contributed by atoms with Gasteiger partial charge in [0.2, 0.25) is 5.91 Å². The van der Waals surface area contributed by atoms with Crippen molar-refractivity contribution in [2.24, 2.45) is 5.92 Å². The first kappa shape index (κ1) is 20.3. The van der Waals surface area contributed by atoms with Crippen molar-refractivity contribution >= 4 is 23.0 Å². The molecule has 1 amide bonds. The van der Waals surface area contributed by atoms with Gasteiger partial charge in [0.15, 0.2) is 5.78 Å². The van der Waals surface area contributed by atoms with Crippen LogP contribution in [0.2, 0.25) is 0 Å². The average molecular weight is 383 g/mol. The molecule has 29 heavy (non-hydrogen) atoms. The van der Waals surface area contributed by atoms with E-state index in [9.17, 15) is 9.59 Å². The third-order valence-corrected chi connectivity index (χ3v) is 4.87. The molecule has 0 radical (unpaired) electrons. The highest BCUT2D eigenvalue weighted by Gasteiger charge is 2.27. The van der Waals surface area contributed by atoms with Gasteiger partial charge in [-0.3, -0.25) is 9.59 Å². The standard InChI is InChI=1S/C26H25NO2/c1-20(21-13-5-2-6-14-21)12-11-19-24(25(28)22-15-7-3-8-16-22)26(29)27-23-17-9-4-10-18-23/h2-10,12-18,24H,11,19H2,1H3,(H,27,29)/b20-12+. The molecule has 1 atom stereocenters. The summed E-state index contributed by atoms with van der Waals surface area (Å²) in [5.74, 6) is -1.15. The average Bonchev–Trinajstić information content (AvgIpc) is 2.78. The molecule has 0 spiro atoms. The molecular weight excluding hydrogens is 358 g/mol. The van der Waals surface area contributed by atoms with Crippen LogP contribution >= 0.6 is 0 Å². The van der Waals surface area contributed by atoms with Crippen molar-refractivity contribution in [3.63, 3.8) is 0 Å². The first-order valence-corrected chi connectivity index (χ1v) is 9.82. The molecule has 3 aromatic carbocycles. The molecule has 1 unspecified atom stereocenters. The van der Waals surface area contributed by atoms with Crippen molar-refractivity contribution in [2.75, 3.05) is 5.32 Å². The fourth-order valence-corrected chi connectivity index (χ4v) is 3.22. The highest BCUT2D eigenvalue weighted by atomic mass is 16.2. The Morgan fingerprint density at radius 2 is 1.31 bits per heavy atom. The van der Waals surface area contributed by atoms with Crippen LogP contribution in [-0.2, 0) is 4.79 Å². The van der Waals surface area contributed by atoms with E-state index in [-0.39, 0.29) is 11.7 Å². The number of para-hydroxylation sites is 1. The van der Waals surface area contributed by atoms with Gasteiger partial charge >= 0.3 is 0 Å². The molecule has 0 saturated carbocycles. The predicted octanol–water partition coefficient (Wildman–Crippen LogP) is 6.01. The number of rotatable bonds is 8. The van der Waals surface area contributed by atoms with Crippen LogP contribution in [0.4, 0.5) is 5.69 Å². The van der Waals surface area contributed by atoms with E-state index in [1.807, 2.05) is 73.7 Å². The smallest absolute Gasteiger partial charge is 0.235 e. The van der Waals surface area contributed by atoms with Crippen molar-refractivity contribution in [2.45, 2.75) is 19.8 Å². The van der Waals surface area contributed by atoms with Gasteiger partial charge in [-0.1, -0.05) is 84.9 Å². The van der Waals surface area contributed by atoms with Crippen LogP contribution in [0.1, 0.15) is 35.7 Å². The quantitative estimate of drug-likeness (QED) is 0.382. The van der Waals surface area contributed by atoms with E-state index < -0.39 is 5.92 Å². The number of amides is 1. The predicted molar refractivity (Wildman–Crippen MR) is 119 cm³/mol. The Morgan fingerprint density at radius 1 is 0.793 bits per heavy atom. The van der Waals surface area contributed by atoms with Crippen LogP contribution < -0.4 is 5.32 Å². The molecule has 146 valence electrons. The Morgan fingerprint density at radius 3 is 1.90 bits per heavy atom. The van der Waals surface area contributed by atoms with Gasteiger partial charge in [0.05, 0.1) is 0 Å². The number of nitrogens with one attached hydrogen (secondary N) is 1. The molecule has 0 aromatic heterocycles. The minimum absolute atomic E-state index is 0.148. The van der Waals surface area contributed by atoms with Crippen molar-refractivity contribution in [1.29, 1.82) is 0 Å². The third kappa shape index (κ3) is 5.76. The highest BCUT2D eigenvalue weighted by Crippen LogP contribution is 2.20. The van der Waals surface area contributed by atoms with Crippen LogP contribution in [0.3, 0.4) is 0 Å². The lowest BCUT2D eigenvalue weighted by Crippen LogP contribution is -2.29. The number of ketones is 1. The Labute approximate surface area is 172 Å². The molecule has 3 heteroatoms. The van der Waals surface area contributed by atoms with Gasteiger partial charge in [-0.25, -0.2) is 0 Å². The van der Waals surface area contributed by atoms with Crippen LogP contribution in [0.5, 0.6) is 0 Å². The molecule has 0 fully saturated rings. The zero-order valence-corrected chi connectivity index (χ0v) is 16.5. The van der Waals surface area contributed by atoms with Gasteiger partial charge in [0.25, 0.3) is 0 Å². The van der Waals surface area contributed by atoms with E-state index in [2.05, 4.69) is 23.5 Å². The number of carbonyl (C=O) groups is 2. The second kappa shape index (κ2) is 10.2. The van der Waals surface area contributed by atoms with Crippen LogP contribution in [0, 0.1) is 5.92 Å². The Kier molecular flexibility index (Phi) is 7.12. The van der Waals surface area contributed by atoms with E-state index in [1.54, 1.807) is 12.1 Å². The van der Waals surface area contributed by atoms with Crippen LogP contribution in [-0.4, -0.2) is 11.7 Å².